The summed E-state index contributed by atoms with van der Waals surface area (Å²) in [4.78, 5) is 0. The molecule has 0 amide bonds. The maximum absolute atomic E-state index is 10.2. The fourth-order valence-electron chi connectivity index (χ4n) is 3.81. The van der Waals surface area contributed by atoms with Crippen LogP contribution in [0.25, 0.3) is 0 Å². The van der Waals surface area contributed by atoms with Gasteiger partial charge in [0.2, 0.25) is 0 Å². The Labute approximate surface area is 141 Å². The van der Waals surface area contributed by atoms with Crippen LogP contribution in [0.3, 0.4) is 0 Å². The van der Waals surface area contributed by atoms with E-state index in [1.807, 2.05) is 18.2 Å². The lowest BCUT2D eigenvalue weighted by Gasteiger charge is -2.48. The monoisotopic (exact) mass is 373 g/mol. The molecule has 2 nitrogen and oxygen atoms in total. The predicted octanol–water partition coefficient (Wildman–Crippen LogP) is 5.34. The van der Waals surface area contributed by atoms with Crippen LogP contribution in [-0.2, 0) is 0 Å². The number of hydrogen-bond donors (Lipinski definition) is 2. The molecule has 0 saturated heterocycles. The molecule has 3 atom stereocenters. The Kier molecular flexibility index (Phi) is 5.61. The number of rotatable bonds is 4. The smallest absolute Gasteiger partial charge is 0.0664 e. The van der Waals surface area contributed by atoms with Gasteiger partial charge in [0.25, 0.3) is 0 Å². The second-order valence-electron chi connectivity index (χ2n) is 6.81. The van der Waals surface area contributed by atoms with Crippen LogP contribution in [0.1, 0.15) is 40.0 Å². The van der Waals surface area contributed by atoms with Crippen LogP contribution in [0.5, 0.6) is 0 Å². The minimum Gasteiger partial charge on any atom is -0.394 e. The summed E-state index contributed by atoms with van der Waals surface area (Å²) in [5, 5.41) is 14.5. The van der Waals surface area contributed by atoms with E-state index in [0.29, 0.717) is 22.8 Å². The van der Waals surface area contributed by atoms with Crippen LogP contribution in [0.2, 0.25) is 5.02 Å². The van der Waals surface area contributed by atoms with Gasteiger partial charge in [-0.1, -0.05) is 38.8 Å². The number of anilines is 1. The van der Waals surface area contributed by atoms with Crippen LogP contribution in [0.4, 0.5) is 5.69 Å². The topological polar surface area (TPSA) is 32.3 Å². The molecule has 1 aromatic rings. The van der Waals surface area contributed by atoms with E-state index in [1.165, 1.54) is 12.8 Å². The summed E-state index contributed by atoms with van der Waals surface area (Å²) in [5.41, 5.74) is 0.777. The van der Waals surface area contributed by atoms with Gasteiger partial charge in [-0.3, -0.25) is 0 Å². The zero-order valence-corrected chi connectivity index (χ0v) is 15.3. The van der Waals surface area contributed by atoms with Crippen molar-refractivity contribution in [1.82, 2.24) is 0 Å². The van der Waals surface area contributed by atoms with Crippen molar-refractivity contribution in [2.75, 3.05) is 11.9 Å². The lowest BCUT2D eigenvalue weighted by Crippen LogP contribution is -2.54. The third-order valence-electron chi connectivity index (χ3n) is 4.79. The molecular weight excluding hydrogens is 350 g/mol. The minimum atomic E-state index is -0.237. The van der Waals surface area contributed by atoms with Crippen LogP contribution < -0.4 is 5.32 Å². The van der Waals surface area contributed by atoms with Crippen molar-refractivity contribution in [2.24, 2.45) is 17.8 Å². The summed E-state index contributed by atoms with van der Waals surface area (Å²) in [7, 11) is 0. The first-order chi connectivity index (χ1) is 9.88. The van der Waals surface area contributed by atoms with Gasteiger partial charge >= 0.3 is 0 Å². The van der Waals surface area contributed by atoms with Gasteiger partial charge in [0, 0.05) is 10.2 Å². The summed E-state index contributed by atoms with van der Waals surface area (Å²) in [5.74, 6) is 1.66. The first-order valence-corrected chi connectivity index (χ1v) is 8.89. The number of benzene rings is 1. The van der Waals surface area contributed by atoms with Crippen LogP contribution in [0, 0.1) is 17.8 Å². The molecule has 4 heteroatoms. The zero-order valence-electron chi connectivity index (χ0n) is 13.0. The highest BCUT2D eigenvalue weighted by Gasteiger charge is 2.43. The number of nitrogens with one attached hydrogen (secondary N) is 1. The van der Waals surface area contributed by atoms with E-state index in [0.717, 1.165) is 16.6 Å². The summed E-state index contributed by atoms with van der Waals surface area (Å²) >= 11 is 9.54. The largest absolute Gasteiger partial charge is 0.394 e. The highest BCUT2D eigenvalue weighted by molar-refractivity contribution is 9.10. The maximum Gasteiger partial charge on any atom is 0.0664 e. The van der Waals surface area contributed by atoms with Crippen LogP contribution in [0.15, 0.2) is 22.7 Å². The molecule has 118 valence electrons. The number of hydrogen-bond acceptors (Lipinski definition) is 2. The first kappa shape index (κ1) is 17.1. The normalized spacial score (nSPS) is 29.7. The van der Waals surface area contributed by atoms with Crippen molar-refractivity contribution in [3.05, 3.63) is 27.7 Å². The molecule has 0 radical (unpaired) electrons. The Hall–Kier alpha value is -0.250. The zero-order chi connectivity index (χ0) is 15.6. The fourth-order valence-corrected chi connectivity index (χ4v) is 4.31. The molecule has 2 N–H and O–H groups in total. The molecule has 0 heterocycles. The summed E-state index contributed by atoms with van der Waals surface area (Å²) in [6.45, 7) is 6.95. The molecule has 1 fully saturated rings. The molecule has 1 saturated carbocycles. The van der Waals surface area contributed by atoms with Crippen molar-refractivity contribution in [3.8, 4) is 0 Å². The van der Waals surface area contributed by atoms with Crippen molar-refractivity contribution < 1.29 is 5.11 Å². The first-order valence-electron chi connectivity index (χ1n) is 7.72. The van der Waals surface area contributed by atoms with Gasteiger partial charge < -0.3 is 10.4 Å². The second-order valence-corrected chi connectivity index (χ2v) is 8.07. The average Bonchev–Trinajstić information content (AvgIpc) is 2.42. The summed E-state index contributed by atoms with van der Waals surface area (Å²) in [6, 6.07) is 5.87. The molecule has 0 aromatic heterocycles. The fraction of sp³-hybridized carbons (Fsp3) is 0.647. The number of halogens is 2. The molecule has 1 aliphatic carbocycles. The van der Waals surface area contributed by atoms with E-state index in [4.69, 9.17) is 11.6 Å². The van der Waals surface area contributed by atoms with Crippen LogP contribution in [-0.4, -0.2) is 17.3 Å². The Bertz CT molecular complexity index is 494. The second kappa shape index (κ2) is 6.89. The number of aliphatic hydroxyl groups excluding tert-OH is 1. The molecule has 0 spiro atoms. The Morgan fingerprint density at radius 2 is 2.14 bits per heavy atom. The minimum absolute atomic E-state index is 0.167. The third kappa shape index (κ3) is 3.75. The lowest BCUT2D eigenvalue weighted by atomic mass is 9.65. The Morgan fingerprint density at radius 3 is 2.71 bits per heavy atom. The summed E-state index contributed by atoms with van der Waals surface area (Å²) < 4.78 is 0.882. The highest BCUT2D eigenvalue weighted by atomic mass is 79.9. The highest BCUT2D eigenvalue weighted by Crippen LogP contribution is 2.43. The molecule has 1 aliphatic rings. The summed E-state index contributed by atoms with van der Waals surface area (Å²) in [6.07, 6.45) is 3.42. The van der Waals surface area contributed by atoms with Crippen molar-refractivity contribution in [2.45, 2.75) is 45.6 Å². The predicted molar refractivity (Wildman–Crippen MR) is 93.9 cm³/mol. The van der Waals surface area contributed by atoms with E-state index < -0.39 is 0 Å². The van der Waals surface area contributed by atoms with Gasteiger partial charge in [-0.2, -0.15) is 0 Å². The molecular formula is C17H25BrClNO. The Morgan fingerprint density at radius 1 is 1.43 bits per heavy atom. The van der Waals surface area contributed by atoms with Gasteiger partial charge in [0.05, 0.1) is 17.2 Å². The van der Waals surface area contributed by atoms with E-state index in [1.54, 1.807) is 0 Å². The molecule has 2 rings (SSSR count). The van der Waals surface area contributed by atoms with E-state index in [2.05, 4.69) is 42.0 Å². The van der Waals surface area contributed by atoms with Crippen molar-refractivity contribution in [3.63, 3.8) is 0 Å². The van der Waals surface area contributed by atoms with Gasteiger partial charge in [-0.25, -0.2) is 0 Å². The molecule has 1 aromatic carbocycles. The van der Waals surface area contributed by atoms with Crippen LogP contribution >= 0.6 is 27.5 Å². The average molecular weight is 375 g/mol. The quantitative estimate of drug-likeness (QED) is 0.745. The van der Waals surface area contributed by atoms with Gasteiger partial charge in [0.15, 0.2) is 0 Å². The van der Waals surface area contributed by atoms with E-state index >= 15 is 0 Å². The van der Waals surface area contributed by atoms with Crippen molar-refractivity contribution >= 4 is 33.2 Å². The number of aliphatic hydroxyl groups is 1. The molecule has 3 unspecified atom stereocenters. The van der Waals surface area contributed by atoms with Crippen molar-refractivity contribution in [1.29, 1.82) is 0 Å². The van der Waals surface area contributed by atoms with E-state index in [9.17, 15) is 5.11 Å². The molecule has 0 aliphatic heterocycles. The van der Waals surface area contributed by atoms with Gasteiger partial charge in [-0.15, -0.1) is 0 Å². The third-order valence-corrected chi connectivity index (χ3v) is 6.01. The maximum atomic E-state index is 10.2. The molecule has 21 heavy (non-hydrogen) atoms. The molecule has 0 bridgehead atoms. The van der Waals surface area contributed by atoms with Gasteiger partial charge in [0.1, 0.15) is 0 Å². The standard InChI is InChI=1S/C17H25BrClNO/c1-11(2)14-6-4-12(3)9-17(14,10-21)20-13-5-7-16(19)15(18)8-13/h5,7-8,11-12,14,20-21H,4,6,9-10H2,1-3H3. The van der Waals surface area contributed by atoms with Gasteiger partial charge in [-0.05, 0) is 64.7 Å². The Balaban J connectivity index is 2.30. The SMILES string of the molecule is CC1CCC(C(C)C)C(CO)(Nc2ccc(Cl)c(Br)c2)C1. The lowest BCUT2D eigenvalue weighted by molar-refractivity contribution is 0.0685. The van der Waals surface area contributed by atoms with E-state index in [-0.39, 0.29) is 12.1 Å².